The molecular weight excluding hydrogens is 633 g/mol. The van der Waals surface area contributed by atoms with Gasteiger partial charge in [0.15, 0.2) is 0 Å². The number of hydrazine groups is 1. The van der Waals surface area contributed by atoms with Gasteiger partial charge in [-0.25, -0.2) is 4.39 Å². The van der Waals surface area contributed by atoms with Crippen molar-refractivity contribution >= 4 is 40.9 Å². The molecule has 4 amide bonds. The maximum Gasteiger partial charge on any atom is 0.260 e. The number of benzene rings is 3. The highest BCUT2D eigenvalue weighted by Crippen LogP contribution is 2.64. The fourth-order valence-corrected chi connectivity index (χ4v) is 9.55. The van der Waals surface area contributed by atoms with Gasteiger partial charge in [-0.1, -0.05) is 66.8 Å². The number of halogens is 2. The van der Waals surface area contributed by atoms with E-state index in [0.717, 1.165) is 42.7 Å². The number of imide groups is 2. The molecule has 2 saturated heterocycles. The van der Waals surface area contributed by atoms with E-state index in [0.29, 0.717) is 28.3 Å². The number of phenolic OH excluding ortho intramolecular Hbond substituents is 1. The lowest BCUT2D eigenvalue weighted by Crippen LogP contribution is -2.53. The van der Waals surface area contributed by atoms with E-state index in [1.807, 2.05) is 6.08 Å². The minimum Gasteiger partial charge on any atom is -0.508 e. The first-order chi connectivity index (χ1) is 23.2. The van der Waals surface area contributed by atoms with E-state index < -0.39 is 52.6 Å². The third kappa shape index (κ3) is 4.54. The molecule has 48 heavy (non-hydrogen) atoms. The lowest BCUT2D eigenvalue weighted by molar-refractivity contribution is -0.144. The van der Waals surface area contributed by atoms with Gasteiger partial charge in [-0.2, -0.15) is 5.01 Å². The molecule has 6 atom stereocenters. The smallest absolute Gasteiger partial charge is 0.260 e. The van der Waals surface area contributed by atoms with Crippen LogP contribution in [0.15, 0.2) is 84.4 Å². The normalized spacial score (nSPS) is 30.2. The molecule has 246 valence electrons. The van der Waals surface area contributed by atoms with Gasteiger partial charge in [0.05, 0.1) is 28.9 Å². The molecule has 2 aliphatic heterocycles. The number of aromatic hydroxyl groups is 1. The van der Waals surface area contributed by atoms with Crippen molar-refractivity contribution in [1.82, 2.24) is 9.91 Å². The van der Waals surface area contributed by atoms with Crippen LogP contribution in [0.5, 0.6) is 5.75 Å². The first-order valence-corrected chi connectivity index (χ1v) is 17.1. The molecule has 5 aliphatic rings. The van der Waals surface area contributed by atoms with Crippen LogP contribution in [0.3, 0.4) is 0 Å². The lowest BCUT2D eigenvalue weighted by atomic mass is 9.49. The van der Waals surface area contributed by atoms with Crippen molar-refractivity contribution in [3.05, 3.63) is 106 Å². The van der Waals surface area contributed by atoms with Crippen LogP contribution in [0.2, 0.25) is 5.02 Å². The fraction of sp³-hybridized carbons (Fsp3) is 0.368. The number of carbonyl (C=O) groups excluding carboxylic acids is 4. The van der Waals surface area contributed by atoms with Crippen LogP contribution >= 0.6 is 11.6 Å². The van der Waals surface area contributed by atoms with E-state index in [4.69, 9.17) is 11.6 Å². The third-order valence-corrected chi connectivity index (χ3v) is 11.7. The summed E-state index contributed by atoms with van der Waals surface area (Å²) in [5, 5.41) is 11.8. The number of rotatable bonds is 5. The van der Waals surface area contributed by atoms with Gasteiger partial charge in [0.25, 0.3) is 11.8 Å². The standard InChI is InChI=1S/C38H35ClFN3O5/c39-23-10-8-22(9-11-23)38-31(35(46)43(37(38)48)41-25-14-12-24(40)13-15-25)20-30-28(33(38)21-6-16-27(44)17-7-21)18-19-29-32(30)36(47)42(34(29)45)26-4-2-1-3-5-26/h6-18,26,29-33,41,44H,1-5,19-20H2/t29-,30+,31-,32-,33-,38+/m0/s1. The monoisotopic (exact) mass is 667 g/mol. The van der Waals surface area contributed by atoms with Gasteiger partial charge < -0.3 is 5.11 Å². The molecule has 3 aliphatic carbocycles. The fourth-order valence-electron chi connectivity index (χ4n) is 9.42. The summed E-state index contributed by atoms with van der Waals surface area (Å²) in [5.41, 5.74) is 4.02. The molecular formula is C38H35ClFN3O5. The van der Waals surface area contributed by atoms with Crippen molar-refractivity contribution in [2.75, 3.05) is 5.43 Å². The van der Waals surface area contributed by atoms with E-state index in [1.54, 1.807) is 48.5 Å². The van der Waals surface area contributed by atoms with Crippen LogP contribution < -0.4 is 5.43 Å². The minimum absolute atomic E-state index is 0.0500. The summed E-state index contributed by atoms with van der Waals surface area (Å²) in [6.07, 6.45) is 7.23. The van der Waals surface area contributed by atoms with Gasteiger partial charge in [0.2, 0.25) is 11.8 Å². The maximum absolute atomic E-state index is 15.1. The Hall–Kier alpha value is -4.50. The van der Waals surface area contributed by atoms with Gasteiger partial charge in [0.1, 0.15) is 11.6 Å². The second-order valence-electron chi connectivity index (χ2n) is 13.8. The number of allylic oxidation sites excluding steroid dienone is 2. The largest absolute Gasteiger partial charge is 0.508 e. The minimum atomic E-state index is -1.45. The second-order valence-corrected chi connectivity index (χ2v) is 14.2. The summed E-state index contributed by atoms with van der Waals surface area (Å²) in [5.74, 6) is -4.88. The number of anilines is 1. The lowest BCUT2D eigenvalue weighted by Gasteiger charge is -2.50. The number of hydrogen-bond donors (Lipinski definition) is 2. The quantitative estimate of drug-likeness (QED) is 0.238. The molecule has 0 spiro atoms. The Balaban J connectivity index is 1.30. The van der Waals surface area contributed by atoms with Crippen molar-refractivity contribution < 1.29 is 28.7 Å². The van der Waals surface area contributed by atoms with Gasteiger partial charge in [-0.15, -0.1) is 0 Å². The van der Waals surface area contributed by atoms with Gasteiger partial charge in [0, 0.05) is 17.0 Å². The number of nitrogens with one attached hydrogen (secondary N) is 1. The maximum atomic E-state index is 15.1. The van der Waals surface area contributed by atoms with Gasteiger partial charge in [-0.05, 0) is 91.3 Å². The highest BCUT2D eigenvalue weighted by Gasteiger charge is 2.70. The topological polar surface area (TPSA) is 107 Å². The Morgan fingerprint density at radius 1 is 0.812 bits per heavy atom. The second kappa shape index (κ2) is 11.6. The average Bonchev–Trinajstić information content (AvgIpc) is 3.47. The van der Waals surface area contributed by atoms with Crippen molar-refractivity contribution in [3.63, 3.8) is 0 Å². The van der Waals surface area contributed by atoms with Crippen LogP contribution in [0.4, 0.5) is 10.1 Å². The first-order valence-electron chi connectivity index (χ1n) is 16.7. The van der Waals surface area contributed by atoms with E-state index in [2.05, 4.69) is 5.43 Å². The predicted octanol–water partition coefficient (Wildman–Crippen LogP) is 6.50. The van der Waals surface area contributed by atoms with E-state index >= 15 is 4.79 Å². The van der Waals surface area contributed by atoms with Crippen molar-refractivity contribution in [2.45, 2.75) is 62.3 Å². The molecule has 0 radical (unpaired) electrons. The Morgan fingerprint density at radius 2 is 1.50 bits per heavy atom. The van der Waals surface area contributed by atoms with Crippen molar-refractivity contribution in [2.24, 2.45) is 23.7 Å². The third-order valence-electron chi connectivity index (χ3n) is 11.5. The number of amides is 4. The Morgan fingerprint density at radius 3 is 2.19 bits per heavy atom. The molecule has 3 aromatic rings. The number of phenols is 1. The van der Waals surface area contributed by atoms with Crippen LogP contribution in [0.25, 0.3) is 0 Å². The molecule has 10 heteroatoms. The summed E-state index contributed by atoms with van der Waals surface area (Å²) < 4.78 is 13.8. The Labute approximate surface area is 282 Å². The van der Waals surface area contributed by atoms with E-state index in [1.165, 1.54) is 29.2 Å². The summed E-state index contributed by atoms with van der Waals surface area (Å²) in [6, 6.07) is 18.9. The number of carbonyl (C=O) groups is 4. The molecule has 2 heterocycles. The number of hydrogen-bond acceptors (Lipinski definition) is 6. The number of fused-ring (bicyclic) bond motifs is 4. The summed E-state index contributed by atoms with van der Waals surface area (Å²) >= 11 is 6.34. The molecule has 3 aromatic carbocycles. The van der Waals surface area contributed by atoms with Gasteiger partial charge in [-0.3, -0.25) is 29.5 Å². The van der Waals surface area contributed by atoms with E-state index in [-0.39, 0.29) is 30.0 Å². The molecule has 4 fully saturated rings. The van der Waals surface area contributed by atoms with Crippen LogP contribution in [-0.4, -0.2) is 44.7 Å². The SMILES string of the molecule is O=C1[C@@H]2C[C@@H]3C(=CC[C@@H]4C(=O)N(C5CCCCC5)C(=O)[C@@H]43)[C@H](c3ccc(O)cc3)[C@]2(c2ccc(Cl)cc2)C(=O)N1Nc1ccc(F)cc1. The zero-order chi connectivity index (χ0) is 33.3. The van der Waals surface area contributed by atoms with Crippen LogP contribution in [0, 0.1) is 29.5 Å². The summed E-state index contributed by atoms with van der Waals surface area (Å²) in [4.78, 5) is 59.6. The molecule has 8 nitrogen and oxygen atoms in total. The molecule has 0 unspecified atom stereocenters. The first kappa shape index (κ1) is 30.8. The Kier molecular flexibility index (Phi) is 7.43. The highest BCUT2D eigenvalue weighted by atomic mass is 35.5. The molecule has 8 rings (SSSR count). The highest BCUT2D eigenvalue weighted by molar-refractivity contribution is 6.30. The number of likely N-dealkylation sites (tertiary alicyclic amines) is 1. The molecule has 2 N–H and O–H groups in total. The average molecular weight is 668 g/mol. The zero-order valence-electron chi connectivity index (χ0n) is 26.1. The molecule has 0 aromatic heterocycles. The zero-order valence-corrected chi connectivity index (χ0v) is 26.9. The van der Waals surface area contributed by atoms with Crippen LogP contribution in [0.1, 0.15) is 62.0 Å². The molecule has 2 saturated carbocycles. The number of nitrogens with zero attached hydrogens (tertiary/aromatic N) is 2. The van der Waals surface area contributed by atoms with Crippen molar-refractivity contribution in [3.8, 4) is 5.75 Å². The molecule has 0 bridgehead atoms. The Bertz CT molecular complexity index is 1840. The van der Waals surface area contributed by atoms with Crippen LogP contribution in [-0.2, 0) is 24.6 Å². The van der Waals surface area contributed by atoms with E-state index in [9.17, 15) is 23.9 Å². The van der Waals surface area contributed by atoms with Crippen molar-refractivity contribution in [1.29, 1.82) is 0 Å². The summed E-state index contributed by atoms with van der Waals surface area (Å²) in [7, 11) is 0. The predicted molar refractivity (Wildman–Crippen MR) is 176 cm³/mol. The summed E-state index contributed by atoms with van der Waals surface area (Å²) in [6.45, 7) is 0. The van der Waals surface area contributed by atoms with Gasteiger partial charge >= 0.3 is 0 Å².